The maximum atomic E-state index is 6.06. The molecule has 18 heavy (non-hydrogen) atoms. The van der Waals surface area contributed by atoms with Crippen molar-refractivity contribution in [3.8, 4) is 0 Å². The van der Waals surface area contributed by atoms with Gasteiger partial charge in [-0.2, -0.15) is 0 Å². The molecule has 1 saturated heterocycles. The SMILES string of the molecule is Cn1c(C2(C)CCCCN2)nc2ccc(Cl)cc21. The van der Waals surface area contributed by atoms with Crippen LogP contribution in [0.4, 0.5) is 0 Å². The number of piperidine rings is 1. The van der Waals surface area contributed by atoms with E-state index in [1.807, 2.05) is 18.2 Å². The molecule has 1 aliphatic heterocycles. The molecule has 1 atom stereocenters. The Morgan fingerprint density at radius 2 is 2.22 bits per heavy atom. The van der Waals surface area contributed by atoms with Crippen LogP contribution >= 0.6 is 11.6 Å². The molecule has 2 aromatic rings. The first kappa shape index (κ1) is 12.0. The first-order chi connectivity index (χ1) is 8.60. The second-order valence-electron chi connectivity index (χ2n) is 5.34. The van der Waals surface area contributed by atoms with E-state index in [1.54, 1.807) is 0 Å². The molecule has 96 valence electrons. The van der Waals surface area contributed by atoms with E-state index in [0.29, 0.717) is 0 Å². The highest BCUT2D eigenvalue weighted by atomic mass is 35.5. The van der Waals surface area contributed by atoms with Crippen LogP contribution in [0.2, 0.25) is 5.02 Å². The number of benzene rings is 1. The molecule has 3 rings (SSSR count). The van der Waals surface area contributed by atoms with Gasteiger partial charge in [0, 0.05) is 12.1 Å². The molecule has 0 saturated carbocycles. The lowest BCUT2D eigenvalue weighted by atomic mass is 9.90. The van der Waals surface area contributed by atoms with Crippen LogP contribution in [0, 0.1) is 0 Å². The van der Waals surface area contributed by atoms with E-state index >= 15 is 0 Å². The number of imidazole rings is 1. The van der Waals surface area contributed by atoms with Crippen molar-refractivity contribution in [2.75, 3.05) is 6.54 Å². The van der Waals surface area contributed by atoms with Gasteiger partial charge >= 0.3 is 0 Å². The topological polar surface area (TPSA) is 29.9 Å². The molecule has 4 heteroatoms. The van der Waals surface area contributed by atoms with Gasteiger partial charge in [0.2, 0.25) is 0 Å². The first-order valence-corrected chi connectivity index (χ1v) is 6.85. The molecular weight excluding hydrogens is 246 g/mol. The smallest absolute Gasteiger partial charge is 0.129 e. The number of fused-ring (bicyclic) bond motifs is 1. The average Bonchev–Trinajstić information content (AvgIpc) is 2.68. The van der Waals surface area contributed by atoms with Crippen LogP contribution in [0.25, 0.3) is 11.0 Å². The number of hydrogen-bond acceptors (Lipinski definition) is 2. The second-order valence-corrected chi connectivity index (χ2v) is 5.78. The largest absolute Gasteiger partial charge is 0.330 e. The summed E-state index contributed by atoms with van der Waals surface area (Å²) in [5, 5.41) is 4.37. The van der Waals surface area contributed by atoms with Crippen molar-refractivity contribution in [3.63, 3.8) is 0 Å². The van der Waals surface area contributed by atoms with Gasteiger partial charge in [0.15, 0.2) is 0 Å². The van der Waals surface area contributed by atoms with Crippen LogP contribution in [-0.2, 0) is 12.6 Å². The standard InChI is InChI=1S/C14H18ClN3/c1-14(7-3-4-8-16-14)13-17-11-6-5-10(15)9-12(11)18(13)2/h5-6,9,16H,3-4,7-8H2,1-2H3. The van der Waals surface area contributed by atoms with Gasteiger partial charge in [-0.1, -0.05) is 11.6 Å². The predicted octanol–water partition coefficient (Wildman–Crippen LogP) is 3.22. The average molecular weight is 264 g/mol. The lowest BCUT2D eigenvalue weighted by Gasteiger charge is -2.34. The molecule has 1 aliphatic rings. The summed E-state index contributed by atoms with van der Waals surface area (Å²) in [6.07, 6.45) is 3.65. The minimum atomic E-state index is -0.0154. The van der Waals surface area contributed by atoms with Crippen molar-refractivity contribution < 1.29 is 0 Å². The Hall–Kier alpha value is -1.06. The number of hydrogen-bond donors (Lipinski definition) is 1. The summed E-state index contributed by atoms with van der Waals surface area (Å²) >= 11 is 6.06. The zero-order chi connectivity index (χ0) is 12.8. The summed E-state index contributed by atoms with van der Waals surface area (Å²) in [6.45, 7) is 3.31. The first-order valence-electron chi connectivity index (χ1n) is 6.48. The van der Waals surface area contributed by atoms with Gasteiger partial charge in [-0.3, -0.25) is 0 Å². The van der Waals surface area contributed by atoms with E-state index in [2.05, 4.69) is 23.9 Å². The van der Waals surface area contributed by atoms with Gasteiger partial charge < -0.3 is 9.88 Å². The Labute approximate surface area is 112 Å². The second kappa shape index (κ2) is 4.25. The molecule has 1 N–H and O–H groups in total. The minimum Gasteiger partial charge on any atom is -0.330 e. The number of rotatable bonds is 1. The highest BCUT2D eigenvalue weighted by Gasteiger charge is 2.32. The summed E-state index contributed by atoms with van der Waals surface area (Å²) in [7, 11) is 2.07. The third-order valence-electron chi connectivity index (χ3n) is 3.96. The number of nitrogens with one attached hydrogen (secondary N) is 1. The molecule has 0 amide bonds. The van der Waals surface area contributed by atoms with Crippen molar-refractivity contribution in [1.82, 2.24) is 14.9 Å². The Bertz CT molecular complexity index is 582. The lowest BCUT2D eigenvalue weighted by Crippen LogP contribution is -2.45. The maximum Gasteiger partial charge on any atom is 0.129 e. The summed E-state index contributed by atoms with van der Waals surface area (Å²) < 4.78 is 2.17. The van der Waals surface area contributed by atoms with Crippen molar-refractivity contribution in [2.45, 2.75) is 31.7 Å². The van der Waals surface area contributed by atoms with E-state index in [4.69, 9.17) is 16.6 Å². The molecule has 1 aromatic carbocycles. The number of aryl methyl sites for hydroxylation is 1. The van der Waals surface area contributed by atoms with E-state index in [-0.39, 0.29) is 5.54 Å². The van der Waals surface area contributed by atoms with E-state index < -0.39 is 0 Å². The Morgan fingerprint density at radius 1 is 1.39 bits per heavy atom. The van der Waals surface area contributed by atoms with E-state index in [0.717, 1.165) is 34.8 Å². The Morgan fingerprint density at radius 3 is 2.94 bits per heavy atom. The molecule has 1 aromatic heterocycles. The van der Waals surface area contributed by atoms with Gasteiger partial charge in [-0.05, 0) is 50.9 Å². The number of nitrogens with zero attached hydrogens (tertiary/aromatic N) is 2. The van der Waals surface area contributed by atoms with Crippen molar-refractivity contribution in [3.05, 3.63) is 29.0 Å². The third-order valence-corrected chi connectivity index (χ3v) is 4.19. The highest BCUT2D eigenvalue weighted by molar-refractivity contribution is 6.31. The van der Waals surface area contributed by atoms with E-state index in [1.165, 1.54) is 12.8 Å². The van der Waals surface area contributed by atoms with Crippen molar-refractivity contribution in [1.29, 1.82) is 0 Å². The number of halogens is 1. The lowest BCUT2D eigenvalue weighted by molar-refractivity contribution is 0.264. The van der Waals surface area contributed by atoms with Gasteiger partial charge in [-0.15, -0.1) is 0 Å². The van der Waals surface area contributed by atoms with Crippen LogP contribution in [0.3, 0.4) is 0 Å². The van der Waals surface area contributed by atoms with Crippen LogP contribution in [0.5, 0.6) is 0 Å². The predicted molar refractivity (Wildman–Crippen MR) is 74.9 cm³/mol. The molecule has 0 aliphatic carbocycles. The fraction of sp³-hybridized carbons (Fsp3) is 0.500. The third kappa shape index (κ3) is 1.82. The van der Waals surface area contributed by atoms with Gasteiger partial charge in [-0.25, -0.2) is 4.98 Å². The normalized spacial score (nSPS) is 24.6. The van der Waals surface area contributed by atoms with Crippen LogP contribution in [0.1, 0.15) is 32.0 Å². The zero-order valence-corrected chi connectivity index (χ0v) is 11.6. The molecule has 0 spiro atoms. The fourth-order valence-corrected chi connectivity index (χ4v) is 3.07. The van der Waals surface area contributed by atoms with Crippen LogP contribution < -0.4 is 5.32 Å². The monoisotopic (exact) mass is 263 g/mol. The molecule has 0 bridgehead atoms. The van der Waals surface area contributed by atoms with Crippen LogP contribution in [-0.4, -0.2) is 16.1 Å². The molecular formula is C14H18ClN3. The van der Waals surface area contributed by atoms with Gasteiger partial charge in [0.1, 0.15) is 5.82 Å². The molecule has 2 heterocycles. The summed E-state index contributed by atoms with van der Waals surface area (Å²) in [4.78, 5) is 4.79. The molecule has 1 fully saturated rings. The van der Waals surface area contributed by atoms with Crippen molar-refractivity contribution in [2.24, 2.45) is 7.05 Å². The Balaban J connectivity index is 2.14. The Kier molecular flexibility index (Phi) is 2.83. The van der Waals surface area contributed by atoms with E-state index in [9.17, 15) is 0 Å². The fourth-order valence-electron chi connectivity index (χ4n) is 2.90. The zero-order valence-electron chi connectivity index (χ0n) is 10.8. The quantitative estimate of drug-likeness (QED) is 0.856. The minimum absolute atomic E-state index is 0.0154. The molecule has 0 radical (unpaired) electrons. The summed E-state index contributed by atoms with van der Waals surface area (Å²) in [5.74, 6) is 1.11. The number of aromatic nitrogens is 2. The highest BCUT2D eigenvalue weighted by Crippen LogP contribution is 2.31. The summed E-state index contributed by atoms with van der Waals surface area (Å²) in [5.41, 5.74) is 2.11. The van der Waals surface area contributed by atoms with Gasteiger partial charge in [0.25, 0.3) is 0 Å². The summed E-state index contributed by atoms with van der Waals surface area (Å²) in [6, 6.07) is 5.88. The van der Waals surface area contributed by atoms with Gasteiger partial charge in [0.05, 0.1) is 16.6 Å². The molecule has 1 unspecified atom stereocenters. The maximum absolute atomic E-state index is 6.06. The molecule has 3 nitrogen and oxygen atoms in total. The van der Waals surface area contributed by atoms with Crippen molar-refractivity contribution >= 4 is 22.6 Å². The van der Waals surface area contributed by atoms with Crippen LogP contribution in [0.15, 0.2) is 18.2 Å².